The Labute approximate surface area is 672 Å². The normalized spacial score (nSPS) is 25.6. The number of unbranched alkanes of at least 4 members (excludes halogenated alkanes) is 39. The lowest BCUT2D eigenvalue weighted by Crippen LogP contribution is -2.66. The maximum Gasteiger partial charge on any atom is 0.220 e. The van der Waals surface area contributed by atoms with Gasteiger partial charge >= 0.3 is 0 Å². The summed E-state index contributed by atoms with van der Waals surface area (Å²) in [5.74, 6) is -0.285. The van der Waals surface area contributed by atoms with E-state index in [-0.39, 0.29) is 18.9 Å². The van der Waals surface area contributed by atoms with Crippen LogP contribution in [0.3, 0.4) is 0 Å². The SMILES string of the molecule is CC/C=C\C/C=C\C/C=C\C/C=C\C/C=C\C/C=C\C/C=C\C/C=C\CCCCCCCCCCC(=O)NC(COC1OC(CO)C(OC2OC(CO)C(OC3OC(CO)C(O)C(O)C3O)C(O)C2O)C(O)C1O)C(O)/C=C/CCCCCCCCCCCCCCCCCCCCCCCCCCCCCCCCC. The van der Waals surface area contributed by atoms with Crippen molar-refractivity contribution >= 4 is 5.91 Å². The molecule has 642 valence electrons. The Bertz CT molecular complexity index is 2430. The highest BCUT2D eigenvalue weighted by Crippen LogP contribution is 2.33. The zero-order valence-corrected chi connectivity index (χ0v) is 69.2. The first-order valence-electron chi connectivity index (χ1n) is 44.6. The van der Waals surface area contributed by atoms with Crippen LogP contribution in [0.2, 0.25) is 0 Å². The molecule has 3 aliphatic rings. The van der Waals surface area contributed by atoms with E-state index in [1.165, 1.54) is 193 Å². The van der Waals surface area contributed by atoms with Crippen molar-refractivity contribution in [2.45, 2.75) is 439 Å². The summed E-state index contributed by atoms with van der Waals surface area (Å²) < 4.78 is 34.5. The molecule has 0 aromatic rings. The van der Waals surface area contributed by atoms with Crippen molar-refractivity contribution in [3.05, 3.63) is 109 Å². The molecular weight excluding hydrogens is 1410 g/mol. The molecule has 3 aliphatic heterocycles. The van der Waals surface area contributed by atoms with Gasteiger partial charge in [0.15, 0.2) is 18.9 Å². The third-order valence-corrected chi connectivity index (χ3v) is 21.6. The summed E-state index contributed by atoms with van der Waals surface area (Å²) in [5.41, 5.74) is 0. The number of carbonyl (C=O) groups is 1. The number of carbonyl (C=O) groups excluding carboxylic acids is 1. The van der Waals surface area contributed by atoms with E-state index in [1.54, 1.807) is 6.08 Å². The maximum absolute atomic E-state index is 13.5. The van der Waals surface area contributed by atoms with Crippen molar-refractivity contribution in [1.82, 2.24) is 5.32 Å². The fourth-order valence-electron chi connectivity index (χ4n) is 14.5. The minimum atomic E-state index is -1.99. The summed E-state index contributed by atoms with van der Waals surface area (Å²) in [6.45, 7) is 1.65. The molecule has 0 spiro atoms. The molecule has 3 rings (SSSR count). The molecule has 0 aromatic heterocycles. The van der Waals surface area contributed by atoms with E-state index in [1.807, 2.05) is 6.08 Å². The molecule has 19 heteroatoms. The first kappa shape index (κ1) is 102. The lowest BCUT2D eigenvalue weighted by molar-refractivity contribution is -0.379. The second-order valence-corrected chi connectivity index (χ2v) is 31.3. The Balaban J connectivity index is 1.35. The molecule has 19 nitrogen and oxygen atoms in total. The predicted octanol–water partition coefficient (Wildman–Crippen LogP) is 16.8. The molecule has 3 heterocycles. The van der Waals surface area contributed by atoms with Crippen LogP contribution in [-0.2, 0) is 33.2 Å². The number of rotatable bonds is 71. The van der Waals surface area contributed by atoms with E-state index in [2.05, 4.69) is 116 Å². The minimum Gasteiger partial charge on any atom is -0.394 e. The van der Waals surface area contributed by atoms with Crippen LogP contribution in [0.4, 0.5) is 0 Å². The number of amides is 1. The topological polar surface area (TPSA) is 307 Å². The molecule has 111 heavy (non-hydrogen) atoms. The molecule has 0 saturated carbocycles. The fraction of sp³-hybridized carbons (Fsp3) is 0.793. The van der Waals surface area contributed by atoms with Crippen LogP contribution in [0.15, 0.2) is 109 Å². The number of aliphatic hydroxyl groups excluding tert-OH is 11. The quantitative estimate of drug-likeness (QED) is 0.0199. The Morgan fingerprint density at radius 2 is 0.622 bits per heavy atom. The molecule has 12 N–H and O–H groups in total. The number of nitrogens with one attached hydrogen (secondary N) is 1. The number of aliphatic hydroxyl groups is 11. The lowest BCUT2D eigenvalue weighted by atomic mass is 9.96. The Morgan fingerprint density at radius 1 is 0.333 bits per heavy atom. The third-order valence-electron chi connectivity index (χ3n) is 21.6. The molecule has 3 fully saturated rings. The second kappa shape index (κ2) is 70.6. The van der Waals surface area contributed by atoms with Crippen LogP contribution in [0, 0.1) is 0 Å². The number of hydrogen-bond acceptors (Lipinski definition) is 18. The van der Waals surface area contributed by atoms with Gasteiger partial charge < -0.3 is 89.9 Å². The Kier molecular flexibility index (Phi) is 64.7. The van der Waals surface area contributed by atoms with Gasteiger partial charge in [-0.05, 0) is 83.5 Å². The van der Waals surface area contributed by atoms with Crippen molar-refractivity contribution in [2.24, 2.45) is 0 Å². The zero-order chi connectivity index (χ0) is 80.3. The molecule has 17 atom stereocenters. The summed E-state index contributed by atoms with van der Waals surface area (Å²) in [6, 6.07) is -0.988. The third kappa shape index (κ3) is 49.3. The van der Waals surface area contributed by atoms with Gasteiger partial charge in [-0.3, -0.25) is 4.79 Å². The van der Waals surface area contributed by atoms with Gasteiger partial charge in [0.25, 0.3) is 0 Å². The van der Waals surface area contributed by atoms with Gasteiger partial charge in [0.1, 0.15) is 73.2 Å². The Morgan fingerprint density at radius 3 is 0.973 bits per heavy atom. The molecule has 0 bridgehead atoms. The first-order valence-corrected chi connectivity index (χ1v) is 44.6. The van der Waals surface area contributed by atoms with Crippen molar-refractivity contribution in [3.8, 4) is 0 Å². The predicted molar refractivity (Wildman–Crippen MR) is 447 cm³/mol. The first-order chi connectivity index (χ1) is 54.3. The van der Waals surface area contributed by atoms with E-state index >= 15 is 0 Å². The minimum absolute atomic E-state index is 0.227. The smallest absolute Gasteiger partial charge is 0.220 e. The number of ether oxygens (including phenoxy) is 6. The van der Waals surface area contributed by atoms with Crippen LogP contribution in [0.1, 0.15) is 335 Å². The fourth-order valence-corrected chi connectivity index (χ4v) is 14.5. The van der Waals surface area contributed by atoms with Crippen molar-refractivity contribution in [1.29, 1.82) is 0 Å². The average molecular weight is 1570 g/mol. The lowest BCUT2D eigenvalue weighted by Gasteiger charge is -2.48. The van der Waals surface area contributed by atoms with Gasteiger partial charge in [0.05, 0.1) is 38.6 Å². The van der Waals surface area contributed by atoms with Crippen molar-refractivity contribution in [2.75, 3.05) is 26.4 Å². The van der Waals surface area contributed by atoms with Gasteiger partial charge in [-0.25, -0.2) is 0 Å². The van der Waals surface area contributed by atoms with Crippen LogP contribution in [-0.4, -0.2) is 193 Å². The monoisotopic (exact) mass is 1570 g/mol. The van der Waals surface area contributed by atoms with E-state index in [0.717, 1.165) is 116 Å². The van der Waals surface area contributed by atoms with Gasteiger partial charge in [-0.15, -0.1) is 0 Å². The van der Waals surface area contributed by atoms with E-state index in [9.17, 15) is 61.0 Å². The standard InChI is InChI=1S/C92H161NO18/c1-3-5-7-9-11-13-15-17-19-21-23-25-27-29-31-33-35-37-39-41-43-45-47-49-51-53-55-57-59-61-63-65-67-69-76(97)75(74-106-90-86(104)83(101)88(78(72-95)108-90)111-92-87(105)84(102)89(79(73-96)109-92)110-91-85(103)82(100)81(99)77(71-94)107-91)93-80(98)70-68-66-64-62-60-58-56-54-52-50-48-46-44-42-40-38-36-34-32-30-28-26-24-22-20-18-16-14-12-10-8-6-4-2/h6,8,12,14,18,20,24,26,30,32,36,38,42,44,48,50,67,69,75-79,81-92,94-97,99-105H,3-5,7,9-11,13,15-17,19,21-23,25,27-29,31,33-35,37,39-41,43,45-47,49,51-66,68,70-74H2,1-2H3,(H,93,98)/b8-6-,14-12-,20-18-,26-24-,32-30-,38-36-,44-42-,50-48-,69-67+. The highest BCUT2D eigenvalue weighted by Gasteiger charge is 2.54. The largest absolute Gasteiger partial charge is 0.394 e. The molecule has 0 radical (unpaired) electrons. The molecule has 0 aromatic carbocycles. The molecule has 0 aliphatic carbocycles. The average Bonchev–Trinajstić information content (AvgIpc) is 0.780. The summed E-state index contributed by atoms with van der Waals surface area (Å²) in [5, 5.41) is 121. The highest BCUT2D eigenvalue weighted by atomic mass is 16.8. The van der Waals surface area contributed by atoms with Crippen molar-refractivity contribution < 1.29 is 89.4 Å². The van der Waals surface area contributed by atoms with Crippen LogP contribution in [0.25, 0.3) is 0 Å². The molecular formula is C92H161NO18. The summed E-state index contributed by atoms with van der Waals surface area (Å²) >= 11 is 0. The zero-order valence-electron chi connectivity index (χ0n) is 69.2. The molecule has 1 amide bonds. The van der Waals surface area contributed by atoms with Crippen LogP contribution < -0.4 is 5.32 Å². The summed E-state index contributed by atoms with van der Waals surface area (Å²) in [4.78, 5) is 13.5. The molecule has 3 saturated heterocycles. The van der Waals surface area contributed by atoms with E-state index in [0.29, 0.717) is 6.42 Å². The van der Waals surface area contributed by atoms with Gasteiger partial charge in [-0.2, -0.15) is 0 Å². The van der Waals surface area contributed by atoms with Gasteiger partial charge in [0.2, 0.25) is 5.91 Å². The molecule has 17 unspecified atom stereocenters. The highest BCUT2D eigenvalue weighted by molar-refractivity contribution is 5.76. The second-order valence-electron chi connectivity index (χ2n) is 31.3. The maximum atomic E-state index is 13.5. The Hall–Kier alpha value is -3.55. The number of hydrogen-bond donors (Lipinski definition) is 12. The summed E-state index contributed by atoms with van der Waals surface area (Å²) in [6.07, 6.45) is 72.2. The van der Waals surface area contributed by atoms with Gasteiger partial charge in [-0.1, -0.05) is 354 Å². The van der Waals surface area contributed by atoms with Gasteiger partial charge in [0, 0.05) is 6.42 Å². The number of allylic oxidation sites excluding steroid dienone is 17. The summed E-state index contributed by atoms with van der Waals surface area (Å²) in [7, 11) is 0. The van der Waals surface area contributed by atoms with E-state index < -0.39 is 124 Å². The van der Waals surface area contributed by atoms with E-state index in [4.69, 9.17) is 28.4 Å². The van der Waals surface area contributed by atoms with Crippen LogP contribution >= 0.6 is 0 Å². The van der Waals surface area contributed by atoms with Crippen LogP contribution in [0.5, 0.6) is 0 Å². The van der Waals surface area contributed by atoms with Crippen molar-refractivity contribution in [3.63, 3.8) is 0 Å².